The van der Waals surface area contributed by atoms with Gasteiger partial charge in [0.2, 0.25) is 0 Å². The molecule has 1 aliphatic heterocycles. The van der Waals surface area contributed by atoms with Gasteiger partial charge in [-0.05, 0) is 112 Å². The lowest BCUT2D eigenvalue weighted by molar-refractivity contribution is -0.324. The van der Waals surface area contributed by atoms with Crippen molar-refractivity contribution in [3.8, 4) is 0 Å². The standard InChI is InChI=1S/C58H106O7/c1-12-13-14-15-16-17-18-19-20-36-53(59)63-42-52-54(60)55(61)56(62)57(64-52)65-58(10,11)41-26-35-46(5)33-24-32-45(4)31-23-29-43(2)27-21-22-28-44(3)30-25-34-47(6)37-40-51-49(8)39-38-48(7)50(51)9/h38-39,43-47,52,54-57,60-62H,12-37,40-42H2,1-11H3/t43-,44+,45-,46+,47-,52-,54-,55+,56-,57-/m1/s1. The number of rotatable bonds is 38. The minimum Gasteiger partial charge on any atom is -0.463 e. The topological polar surface area (TPSA) is 105 Å². The Bertz CT molecular complexity index is 1360. The summed E-state index contributed by atoms with van der Waals surface area (Å²) in [6, 6.07) is 4.56. The molecule has 1 heterocycles. The molecule has 65 heavy (non-hydrogen) atoms. The Labute approximate surface area is 401 Å². The van der Waals surface area contributed by atoms with Crippen molar-refractivity contribution in [1.29, 1.82) is 0 Å². The van der Waals surface area contributed by atoms with E-state index in [4.69, 9.17) is 14.2 Å². The van der Waals surface area contributed by atoms with Crippen LogP contribution in [-0.4, -0.2) is 64.2 Å². The van der Waals surface area contributed by atoms with Crippen molar-refractivity contribution in [2.45, 2.75) is 292 Å². The third-order valence-corrected chi connectivity index (χ3v) is 15.3. The maximum Gasteiger partial charge on any atom is 0.305 e. The smallest absolute Gasteiger partial charge is 0.305 e. The molecule has 1 aliphatic rings. The molecule has 0 spiro atoms. The summed E-state index contributed by atoms with van der Waals surface area (Å²) in [4.78, 5) is 12.4. The lowest BCUT2D eigenvalue weighted by Crippen LogP contribution is -2.60. The predicted octanol–water partition coefficient (Wildman–Crippen LogP) is 15.0. The zero-order chi connectivity index (χ0) is 48.2. The van der Waals surface area contributed by atoms with Crippen molar-refractivity contribution in [3.63, 3.8) is 0 Å². The molecule has 1 fully saturated rings. The van der Waals surface area contributed by atoms with Crippen LogP contribution in [0, 0.1) is 50.4 Å². The highest BCUT2D eigenvalue weighted by Crippen LogP contribution is 2.31. The van der Waals surface area contributed by atoms with Gasteiger partial charge in [0, 0.05) is 6.42 Å². The fraction of sp³-hybridized carbons (Fsp3) is 0.879. The first-order valence-electron chi connectivity index (χ1n) is 27.5. The number of aliphatic hydroxyl groups is 3. The van der Waals surface area contributed by atoms with Crippen molar-refractivity contribution in [3.05, 3.63) is 34.4 Å². The molecule has 3 N–H and O–H groups in total. The van der Waals surface area contributed by atoms with E-state index in [0.29, 0.717) is 12.3 Å². The maximum atomic E-state index is 12.4. The minimum atomic E-state index is -1.45. The second kappa shape index (κ2) is 33.9. The Hall–Kier alpha value is -1.51. The van der Waals surface area contributed by atoms with E-state index in [1.807, 2.05) is 13.8 Å². The summed E-state index contributed by atoms with van der Waals surface area (Å²) in [5.41, 5.74) is 5.37. The average molecular weight is 915 g/mol. The minimum absolute atomic E-state index is 0.188. The van der Waals surface area contributed by atoms with Gasteiger partial charge in [-0.2, -0.15) is 0 Å². The molecular formula is C58H106O7. The molecule has 0 aliphatic carbocycles. The summed E-state index contributed by atoms with van der Waals surface area (Å²) in [7, 11) is 0. The van der Waals surface area contributed by atoms with Crippen LogP contribution in [0.4, 0.5) is 0 Å². The summed E-state index contributed by atoms with van der Waals surface area (Å²) in [6.07, 6.45) is 27.5. The Balaban J connectivity index is 1.51. The van der Waals surface area contributed by atoms with Gasteiger partial charge in [-0.15, -0.1) is 0 Å². The fourth-order valence-electron chi connectivity index (χ4n) is 10.2. The van der Waals surface area contributed by atoms with Crippen molar-refractivity contribution < 1.29 is 34.3 Å². The number of carbonyl (C=O) groups excluding carboxylic acids is 1. The summed E-state index contributed by atoms with van der Waals surface area (Å²) in [6.45, 7) is 25.0. The zero-order valence-electron chi connectivity index (χ0n) is 44.4. The van der Waals surface area contributed by atoms with Gasteiger partial charge in [-0.25, -0.2) is 0 Å². The Morgan fingerprint density at radius 3 is 1.55 bits per heavy atom. The van der Waals surface area contributed by atoms with Crippen LogP contribution in [-0.2, 0) is 25.4 Å². The molecule has 1 saturated heterocycles. The van der Waals surface area contributed by atoms with Gasteiger partial charge in [0.05, 0.1) is 5.60 Å². The number of hydrogen-bond acceptors (Lipinski definition) is 7. The van der Waals surface area contributed by atoms with Crippen LogP contribution in [0.5, 0.6) is 0 Å². The van der Waals surface area contributed by atoms with E-state index in [1.54, 1.807) is 5.56 Å². The third kappa shape index (κ3) is 26.2. The van der Waals surface area contributed by atoms with Crippen molar-refractivity contribution in [2.24, 2.45) is 29.6 Å². The van der Waals surface area contributed by atoms with Gasteiger partial charge in [-0.1, -0.05) is 201 Å². The van der Waals surface area contributed by atoms with E-state index in [9.17, 15) is 20.1 Å². The second-order valence-electron chi connectivity index (χ2n) is 22.5. The molecule has 0 saturated carbocycles. The number of hydrogen-bond donors (Lipinski definition) is 3. The molecule has 0 bridgehead atoms. The molecular weight excluding hydrogens is 809 g/mol. The molecule has 0 amide bonds. The Morgan fingerprint density at radius 1 is 0.585 bits per heavy atom. The Kier molecular flexibility index (Phi) is 31.1. The van der Waals surface area contributed by atoms with Crippen molar-refractivity contribution in [1.82, 2.24) is 0 Å². The molecule has 10 atom stereocenters. The van der Waals surface area contributed by atoms with E-state index in [2.05, 4.69) is 74.4 Å². The fourth-order valence-corrected chi connectivity index (χ4v) is 10.2. The summed E-state index contributed by atoms with van der Waals surface area (Å²) in [5, 5.41) is 31.9. The van der Waals surface area contributed by atoms with Gasteiger partial charge >= 0.3 is 5.97 Å². The van der Waals surface area contributed by atoms with Crippen LogP contribution in [0.15, 0.2) is 12.1 Å². The number of benzene rings is 1. The maximum absolute atomic E-state index is 12.4. The molecule has 2 rings (SSSR count). The van der Waals surface area contributed by atoms with Crippen molar-refractivity contribution >= 4 is 5.97 Å². The highest BCUT2D eigenvalue weighted by atomic mass is 16.7. The lowest BCUT2D eigenvalue weighted by Gasteiger charge is -2.43. The average Bonchev–Trinajstić information content (AvgIpc) is 3.25. The lowest BCUT2D eigenvalue weighted by atomic mass is 9.88. The van der Waals surface area contributed by atoms with Crippen LogP contribution in [0.25, 0.3) is 0 Å². The van der Waals surface area contributed by atoms with Crippen molar-refractivity contribution in [2.75, 3.05) is 6.61 Å². The summed E-state index contributed by atoms with van der Waals surface area (Å²) in [5.74, 6) is 3.58. The third-order valence-electron chi connectivity index (χ3n) is 15.3. The molecule has 0 unspecified atom stereocenters. The number of aryl methyl sites for hydroxylation is 2. The first-order valence-corrected chi connectivity index (χ1v) is 27.5. The van der Waals surface area contributed by atoms with E-state index in [0.717, 1.165) is 62.2 Å². The zero-order valence-corrected chi connectivity index (χ0v) is 44.4. The monoisotopic (exact) mass is 915 g/mol. The molecule has 380 valence electrons. The van der Waals surface area contributed by atoms with Gasteiger partial charge in [-0.3, -0.25) is 4.79 Å². The molecule has 0 aromatic heterocycles. The SMILES string of the molecule is CCCCCCCCCCCC(=O)OC[C@H]1O[C@H](OC(C)(C)CCC[C@@H](C)CCC[C@H](C)CCC[C@H](C)CCCC[C@H](C)CCC[C@@H](C)CCc2c(C)ccc(C)c2C)[C@H](O)[C@@H](O)[C@@H]1O. The summed E-state index contributed by atoms with van der Waals surface area (Å²) < 4.78 is 17.6. The quantitative estimate of drug-likeness (QED) is 0.0448. The number of ether oxygens (including phenoxy) is 3. The molecule has 1 aromatic carbocycles. The van der Waals surface area contributed by atoms with Gasteiger partial charge < -0.3 is 29.5 Å². The Morgan fingerprint density at radius 2 is 1.03 bits per heavy atom. The predicted molar refractivity (Wildman–Crippen MR) is 273 cm³/mol. The first-order chi connectivity index (χ1) is 30.9. The van der Waals surface area contributed by atoms with E-state index in [1.165, 1.54) is 152 Å². The number of aliphatic hydroxyl groups excluding tert-OH is 3. The molecule has 7 nitrogen and oxygen atoms in total. The van der Waals surface area contributed by atoms with Crippen LogP contribution in [0.1, 0.15) is 251 Å². The van der Waals surface area contributed by atoms with Gasteiger partial charge in [0.25, 0.3) is 0 Å². The van der Waals surface area contributed by atoms with Crippen LogP contribution in [0.3, 0.4) is 0 Å². The van der Waals surface area contributed by atoms with Crippen LogP contribution in [0.2, 0.25) is 0 Å². The van der Waals surface area contributed by atoms with Gasteiger partial charge in [0.1, 0.15) is 31.0 Å². The highest BCUT2D eigenvalue weighted by Gasteiger charge is 2.46. The number of esters is 1. The van der Waals surface area contributed by atoms with Crippen LogP contribution < -0.4 is 0 Å². The number of carbonyl (C=O) groups is 1. The summed E-state index contributed by atoms with van der Waals surface area (Å²) >= 11 is 0. The van der Waals surface area contributed by atoms with E-state index >= 15 is 0 Å². The van der Waals surface area contributed by atoms with E-state index < -0.39 is 36.3 Å². The van der Waals surface area contributed by atoms with Gasteiger partial charge in [0.15, 0.2) is 6.29 Å². The highest BCUT2D eigenvalue weighted by molar-refractivity contribution is 5.69. The number of unbranched alkanes of at least 4 members (excludes halogenated alkanes) is 9. The molecule has 1 aromatic rings. The molecule has 7 heteroatoms. The second-order valence-corrected chi connectivity index (χ2v) is 22.5. The molecule has 0 radical (unpaired) electrons. The van der Waals surface area contributed by atoms with Crippen LogP contribution >= 0.6 is 0 Å². The first kappa shape index (κ1) is 59.6. The largest absolute Gasteiger partial charge is 0.463 e. The normalized spacial score (nSPS) is 21.5. The van der Waals surface area contributed by atoms with E-state index in [-0.39, 0.29) is 12.6 Å².